The average molecular weight is 242 g/mol. The van der Waals surface area contributed by atoms with Crippen molar-refractivity contribution >= 4 is 10.9 Å². The van der Waals surface area contributed by atoms with Crippen molar-refractivity contribution in [3.05, 3.63) is 48.2 Å². The summed E-state index contributed by atoms with van der Waals surface area (Å²) in [5.74, 6) is 0. The number of fused-ring (bicyclic) bond motifs is 1. The fourth-order valence-electron chi connectivity index (χ4n) is 2.22. The standard InChI is InChI=1S/C16H22N2/c1-12(2)11-18-9-8-14-6-5-7-15(16(14)18)10-17-13(3)4/h5-9,13,17H,1,10-11H2,2-4H3. The predicted molar refractivity (Wildman–Crippen MR) is 78.7 cm³/mol. The molecule has 1 N–H and O–H groups in total. The molecule has 0 unspecified atom stereocenters. The van der Waals surface area contributed by atoms with Crippen molar-refractivity contribution in [1.29, 1.82) is 0 Å². The summed E-state index contributed by atoms with van der Waals surface area (Å²) in [7, 11) is 0. The number of para-hydroxylation sites is 1. The highest BCUT2D eigenvalue weighted by molar-refractivity contribution is 5.83. The smallest absolute Gasteiger partial charge is 0.0528 e. The molecule has 0 amide bonds. The molecule has 96 valence electrons. The number of nitrogens with one attached hydrogen (secondary N) is 1. The van der Waals surface area contributed by atoms with Crippen LogP contribution in [0.15, 0.2) is 42.6 Å². The monoisotopic (exact) mass is 242 g/mol. The topological polar surface area (TPSA) is 17.0 Å². The molecule has 2 rings (SSSR count). The first-order valence-corrected chi connectivity index (χ1v) is 6.52. The van der Waals surface area contributed by atoms with Crippen LogP contribution in [-0.2, 0) is 13.1 Å². The average Bonchev–Trinajstić information content (AvgIpc) is 2.69. The number of nitrogens with zero attached hydrogens (tertiary/aromatic N) is 1. The van der Waals surface area contributed by atoms with E-state index in [1.54, 1.807) is 0 Å². The highest BCUT2D eigenvalue weighted by Gasteiger charge is 2.06. The van der Waals surface area contributed by atoms with Gasteiger partial charge < -0.3 is 9.88 Å². The molecule has 2 aromatic rings. The lowest BCUT2D eigenvalue weighted by Gasteiger charge is -2.12. The van der Waals surface area contributed by atoms with Crippen molar-refractivity contribution in [2.24, 2.45) is 0 Å². The highest BCUT2D eigenvalue weighted by Crippen LogP contribution is 2.21. The van der Waals surface area contributed by atoms with Crippen LogP contribution in [0.3, 0.4) is 0 Å². The minimum absolute atomic E-state index is 0.504. The van der Waals surface area contributed by atoms with Gasteiger partial charge in [0.15, 0.2) is 0 Å². The summed E-state index contributed by atoms with van der Waals surface area (Å²) in [5.41, 5.74) is 3.86. The first-order valence-electron chi connectivity index (χ1n) is 6.52. The van der Waals surface area contributed by atoms with Gasteiger partial charge in [-0.1, -0.05) is 44.2 Å². The molecule has 0 fully saturated rings. The van der Waals surface area contributed by atoms with Crippen LogP contribution in [0.4, 0.5) is 0 Å². The van der Waals surface area contributed by atoms with E-state index in [-0.39, 0.29) is 0 Å². The summed E-state index contributed by atoms with van der Waals surface area (Å²) in [5, 5.41) is 4.79. The maximum Gasteiger partial charge on any atom is 0.0528 e. The van der Waals surface area contributed by atoms with Crippen LogP contribution < -0.4 is 5.32 Å². The first-order chi connectivity index (χ1) is 8.58. The minimum atomic E-state index is 0.504. The molecule has 18 heavy (non-hydrogen) atoms. The lowest BCUT2D eigenvalue weighted by molar-refractivity contribution is 0.589. The Bertz CT molecular complexity index is 549. The van der Waals surface area contributed by atoms with E-state index in [0.717, 1.165) is 13.1 Å². The maximum absolute atomic E-state index is 4.00. The van der Waals surface area contributed by atoms with Gasteiger partial charge in [-0.05, 0) is 23.9 Å². The Morgan fingerprint density at radius 3 is 2.78 bits per heavy atom. The Labute approximate surface area is 109 Å². The molecule has 1 aromatic heterocycles. The van der Waals surface area contributed by atoms with Gasteiger partial charge in [-0.2, -0.15) is 0 Å². The lowest BCUT2D eigenvalue weighted by atomic mass is 10.1. The molecule has 0 saturated heterocycles. The number of hydrogen-bond acceptors (Lipinski definition) is 1. The largest absolute Gasteiger partial charge is 0.343 e. The normalized spacial score (nSPS) is 11.3. The maximum atomic E-state index is 4.00. The molecule has 0 radical (unpaired) electrons. The fraction of sp³-hybridized carbons (Fsp3) is 0.375. The van der Waals surface area contributed by atoms with Gasteiger partial charge in [-0.3, -0.25) is 0 Å². The van der Waals surface area contributed by atoms with Gasteiger partial charge in [-0.15, -0.1) is 0 Å². The van der Waals surface area contributed by atoms with E-state index < -0.39 is 0 Å². The number of aromatic nitrogens is 1. The zero-order valence-corrected chi connectivity index (χ0v) is 11.5. The third-order valence-electron chi connectivity index (χ3n) is 3.01. The van der Waals surface area contributed by atoms with Crippen LogP contribution in [0.1, 0.15) is 26.3 Å². The molecule has 0 saturated carbocycles. The zero-order chi connectivity index (χ0) is 13.1. The van der Waals surface area contributed by atoms with Crippen LogP contribution in [0.25, 0.3) is 10.9 Å². The van der Waals surface area contributed by atoms with Crippen LogP contribution in [0, 0.1) is 0 Å². The first kappa shape index (κ1) is 12.9. The van der Waals surface area contributed by atoms with Crippen LogP contribution in [-0.4, -0.2) is 10.6 Å². The van der Waals surface area contributed by atoms with Crippen LogP contribution in [0.5, 0.6) is 0 Å². The van der Waals surface area contributed by atoms with Gasteiger partial charge in [-0.25, -0.2) is 0 Å². The Hall–Kier alpha value is -1.54. The zero-order valence-electron chi connectivity index (χ0n) is 11.5. The van der Waals surface area contributed by atoms with Gasteiger partial charge in [0.1, 0.15) is 0 Å². The Balaban J connectivity index is 2.38. The summed E-state index contributed by atoms with van der Waals surface area (Å²) in [6.45, 7) is 12.2. The second kappa shape index (κ2) is 5.40. The molecular formula is C16H22N2. The van der Waals surface area contributed by atoms with E-state index in [1.165, 1.54) is 22.0 Å². The SMILES string of the molecule is C=C(C)Cn1ccc2cccc(CNC(C)C)c21. The van der Waals surface area contributed by atoms with E-state index in [9.17, 15) is 0 Å². The van der Waals surface area contributed by atoms with Crippen molar-refractivity contribution in [1.82, 2.24) is 9.88 Å². The van der Waals surface area contributed by atoms with Crippen molar-refractivity contribution < 1.29 is 0 Å². The van der Waals surface area contributed by atoms with Gasteiger partial charge >= 0.3 is 0 Å². The van der Waals surface area contributed by atoms with Crippen molar-refractivity contribution in [2.75, 3.05) is 0 Å². The van der Waals surface area contributed by atoms with Crippen LogP contribution >= 0.6 is 0 Å². The lowest BCUT2D eigenvalue weighted by Crippen LogP contribution is -2.22. The predicted octanol–water partition coefficient (Wildman–Crippen LogP) is 3.72. The quantitative estimate of drug-likeness (QED) is 0.791. The highest BCUT2D eigenvalue weighted by atomic mass is 15.0. The molecule has 0 aliphatic heterocycles. The third kappa shape index (κ3) is 2.82. The summed E-state index contributed by atoms with van der Waals surface area (Å²) in [4.78, 5) is 0. The van der Waals surface area contributed by atoms with Crippen molar-refractivity contribution in [3.8, 4) is 0 Å². The van der Waals surface area contributed by atoms with Gasteiger partial charge in [0.05, 0.1) is 5.52 Å². The number of hydrogen-bond donors (Lipinski definition) is 1. The van der Waals surface area contributed by atoms with Gasteiger partial charge in [0.25, 0.3) is 0 Å². The van der Waals surface area contributed by atoms with E-state index in [4.69, 9.17) is 0 Å². The number of benzene rings is 1. The molecular weight excluding hydrogens is 220 g/mol. The third-order valence-corrected chi connectivity index (χ3v) is 3.01. The molecule has 0 aliphatic carbocycles. The molecule has 1 heterocycles. The fourth-order valence-corrected chi connectivity index (χ4v) is 2.22. The molecule has 2 nitrogen and oxygen atoms in total. The van der Waals surface area contributed by atoms with Gasteiger partial charge in [0.2, 0.25) is 0 Å². The number of rotatable bonds is 5. The molecule has 0 spiro atoms. The molecule has 2 heteroatoms. The van der Waals surface area contributed by atoms with E-state index >= 15 is 0 Å². The van der Waals surface area contributed by atoms with Crippen molar-refractivity contribution in [2.45, 2.75) is 39.9 Å². The van der Waals surface area contributed by atoms with E-state index in [0.29, 0.717) is 6.04 Å². The van der Waals surface area contributed by atoms with Crippen molar-refractivity contribution in [3.63, 3.8) is 0 Å². The summed E-state index contributed by atoms with van der Waals surface area (Å²) in [6, 6.07) is 9.18. The van der Waals surface area contributed by atoms with Gasteiger partial charge in [0, 0.05) is 25.3 Å². The minimum Gasteiger partial charge on any atom is -0.343 e. The summed E-state index contributed by atoms with van der Waals surface area (Å²) >= 11 is 0. The second-order valence-electron chi connectivity index (χ2n) is 5.29. The Kier molecular flexibility index (Phi) is 3.87. The van der Waals surface area contributed by atoms with Crippen LogP contribution in [0.2, 0.25) is 0 Å². The number of allylic oxidation sites excluding steroid dienone is 1. The Morgan fingerprint density at radius 2 is 2.11 bits per heavy atom. The van der Waals surface area contributed by atoms with E-state index in [2.05, 4.69) is 67.7 Å². The molecule has 0 atom stereocenters. The van der Waals surface area contributed by atoms with E-state index in [1.807, 2.05) is 0 Å². The Morgan fingerprint density at radius 1 is 1.33 bits per heavy atom. The second-order valence-corrected chi connectivity index (χ2v) is 5.29. The molecule has 0 bridgehead atoms. The molecule has 1 aromatic carbocycles. The summed E-state index contributed by atoms with van der Waals surface area (Å²) < 4.78 is 2.29. The molecule has 0 aliphatic rings. The summed E-state index contributed by atoms with van der Waals surface area (Å²) in [6.07, 6.45) is 2.15.